The molecule has 0 bridgehead atoms. The summed E-state index contributed by atoms with van der Waals surface area (Å²) in [6.07, 6.45) is 5.08. The van der Waals surface area contributed by atoms with E-state index in [4.69, 9.17) is 0 Å². The van der Waals surface area contributed by atoms with Gasteiger partial charge in [0.05, 0.1) is 0 Å². The molecule has 2 aromatic heterocycles. The van der Waals surface area contributed by atoms with Crippen LogP contribution in [0.15, 0.2) is 18.2 Å². The fraction of sp³-hybridized carbons (Fsp3) is 0.571. The van der Waals surface area contributed by atoms with Gasteiger partial charge in [0.1, 0.15) is 5.82 Å². The summed E-state index contributed by atoms with van der Waals surface area (Å²) in [6.45, 7) is 5.71. The van der Waals surface area contributed by atoms with Crippen molar-refractivity contribution in [2.45, 2.75) is 32.6 Å². The van der Waals surface area contributed by atoms with Crippen LogP contribution in [0, 0.1) is 6.92 Å². The highest BCUT2D eigenvalue weighted by atomic mass is 15.3. The number of pyridine rings is 1. The summed E-state index contributed by atoms with van der Waals surface area (Å²) in [7, 11) is 0. The number of rotatable bonds is 3. The summed E-state index contributed by atoms with van der Waals surface area (Å²) in [5.74, 6) is 1.09. The van der Waals surface area contributed by atoms with Crippen LogP contribution in [0.1, 0.15) is 30.8 Å². The number of hydrogen-bond acceptors (Lipinski definition) is 3. The first-order valence-corrected chi connectivity index (χ1v) is 6.86. The van der Waals surface area contributed by atoms with E-state index < -0.39 is 0 Å². The quantitative estimate of drug-likeness (QED) is 0.828. The Morgan fingerprint density at radius 3 is 2.78 bits per heavy atom. The van der Waals surface area contributed by atoms with Crippen molar-refractivity contribution in [2.75, 3.05) is 19.6 Å². The number of fused-ring (bicyclic) bond motifs is 1. The molecular formula is C14H20N4. The van der Waals surface area contributed by atoms with Crippen molar-refractivity contribution in [3.05, 3.63) is 29.7 Å². The molecule has 0 radical (unpaired) electrons. The van der Waals surface area contributed by atoms with Crippen LogP contribution in [0.5, 0.6) is 0 Å². The maximum absolute atomic E-state index is 4.33. The summed E-state index contributed by atoms with van der Waals surface area (Å²) >= 11 is 0. The van der Waals surface area contributed by atoms with E-state index in [1.165, 1.54) is 38.0 Å². The van der Waals surface area contributed by atoms with Gasteiger partial charge in [-0.1, -0.05) is 12.5 Å². The summed E-state index contributed by atoms with van der Waals surface area (Å²) < 4.78 is 2.17. The number of nitrogens with zero attached hydrogens (tertiary/aromatic N) is 4. The van der Waals surface area contributed by atoms with E-state index in [9.17, 15) is 0 Å². The maximum atomic E-state index is 4.33. The molecule has 1 fully saturated rings. The minimum absolute atomic E-state index is 0.962. The molecule has 0 amide bonds. The van der Waals surface area contributed by atoms with Gasteiger partial charge in [0.15, 0.2) is 5.65 Å². The number of piperidine rings is 1. The van der Waals surface area contributed by atoms with Crippen molar-refractivity contribution < 1.29 is 0 Å². The predicted octanol–water partition coefficient (Wildman–Crippen LogP) is 2.07. The molecule has 0 atom stereocenters. The minimum atomic E-state index is 0.962. The van der Waals surface area contributed by atoms with Crippen molar-refractivity contribution in [2.24, 2.45) is 0 Å². The van der Waals surface area contributed by atoms with Gasteiger partial charge in [-0.3, -0.25) is 4.40 Å². The number of aryl methyl sites for hydroxylation is 1. The fourth-order valence-corrected chi connectivity index (χ4v) is 2.77. The van der Waals surface area contributed by atoms with Gasteiger partial charge in [-0.25, -0.2) is 0 Å². The van der Waals surface area contributed by atoms with Gasteiger partial charge in [-0.05, 0) is 45.0 Å². The molecule has 4 heteroatoms. The maximum Gasteiger partial charge on any atom is 0.160 e. The second kappa shape index (κ2) is 5.06. The lowest BCUT2D eigenvalue weighted by Crippen LogP contribution is -2.31. The Balaban J connectivity index is 1.74. The van der Waals surface area contributed by atoms with Gasteiger partial charge in [0.2, 0.25) is 0 Å². The highest BCUT2D eigenvalue weighted by Crippen LogP contribution is 2.11. The molecule has 4 nitrogen and oxygen atoms in total. The zero-order valence-corrected chi connectivity index (χ0v) is 11.0. The average molecular weight is 244 g/mol. The molecule has 0 spiro atoms. The summed E-state index contributed by atoms with van der Waals surface area (Å²) in [5.41, 5.74) is 2.18. The van der Waals surface area contributed by atoms with E-state index >= 15 is 0 Å². The van der Waals surface area contributed by atoms with Crippen LogP contribution in [0.4, 0.5) is 0 Å². The van der Waals surface area contributed by atoms with E-state index in [1.807, 2.05) is 12.1 Å². The second-order valence-corrected chi connectivity index (χ2v) is 5.13. The lowest BCUT2D eigenvalue weighted by molar-refractivity contribution is 0.230. The molecular weight excluding hydrogens is 224 g/mol. The smallest absolute Gasteiger partial charge is 0.160 e. The SMILES string of the molecule is Cc1cccc2nnc(CCN3CCCCC3)n12. The van der Waals surface area contributed by atoms with Gasteiger partial charge in [0, 0.05) is 18.7 Å². The number of hydrogen-bond donors (Lipinski definition) is 0. The van der Waals surface area contributed by atoms with Crippen molar-refractivity contribution in [1.82, 2.24) is 19.5 Å². The van der Waals surface area contributed by atoms with Crippen molar-refractivity contribution in [3.8, 4) is 0 Å². The second-order valence-electron chi connectivity index (χ2n) is 5.13. The predicted molar refractivity (Wildman–Crippen MR) is 71.7 cm³/mol. The Kier molecular flexibility index (Phi) is 3.28. The van der Waals surface area contributed by atoms with Crippen molar-refractivity contribution in [1.29, 1.82) is 0 Å². The Hall–Kier alpha value is -1.42. The molecule has 0 N–H and O–H groups in total. The molecule has 2 aromatic rings. The normalized spacial score (nSPS) is 17.4. The molecule has 1 saturated heterocycles. The number of likely N-dealkylation sites (tertiary alicyclic amines) is 1. The van der Waals surface area contributed by atoms with Crippen LogP contribution >= 0.6 is 0 Å². The van der Waals surface area contributed by atoms with E-state index in [-0.39, 0.29) is 0 Å². The minimum Gasteiger partial charge on any atom is -0.303 e. The Labute approximate surface area is 108 Å². The molecule has 0 aromatic carbocycles. The first kappa shape index (κ1) is 11.7. The highest BCUT2D eigenvalue weighted by molar-refractivity contribution is 5.39. The average Bonchev–Trinajstić information content (AvgIpc) is 2.82. The van der Waals surface area contributed by atoms with Crippen LogP contribution in [0.3, 0.4) is 0 Å². The Morgan fingerprint density at radius 2 is 1.94 bits per heavy atom. The van der Waals surface area contributed by atoms with Crippen LogP contribution in [-0.2, 0) is 6.42 Å². The van der Waals surface area contributed by atoms with Gasteiger partial charge in [-0.2, -0.15) is 0 Å². The summed E-state index contributed by atoms with van der Waals surface area (Å²) in [5, 5.41) is 8.56. The van der Waals surface area contributed by atoms with Crippen molar-refractivity contribution >= 4 is 5.65 Å². The van der Waals surface area contributed by atoms with E-state index in [2.05, 4.69) is 32.5 Å². The molecule has 0 saturated carbocycles. The van der Waals surface area contributed by atoms with Crippen LogP contribution in [-0.4, -0.2) is 39.1 Å². The lowest BCUT2D eigenvalue weighted by Gasteiger charge is -2.25. The van der Waals surface area contributed by atoms with E-state index in [0.717, 1.165) is 24.4 Å². The monoisotopic (exact) mass is 244 g/mol. The van der Waals surface area contributed by atoms with Crippen LogP contribution < -0.4 is 0 Å². The fourth-order valence-electron chi connectivity index (χ4n) is 2.77. The number of aromatic nitrogens is 3. The first-order valence-electron chi connectivity index (χ1n) is 6.86. The van der Waals surface area contributed by atoms with Gasteiger partial charge in [-0.15, -0.1) is 10.2 Å². The van der Waals surface area contributed by atoms with Crippen molar-refractivity contribution in [3.63, 3.8) is 0 Å². The standard InChI is InChI=1S/C14H20N4/c1-12-6-5-7-13-15-16-14(18(12)13)8-11-17-9-3-2-4-10-17/h5-7H,2-4,8-11H2,1H3. The third-order valence-corrected chi connectivity index (χ3v) is 3.79. The molecule has 0 aliphatic carbocycles. The first-order chi connectivity index (χ1) is 8.84. The lowest BCUT2D eigenvalue weighted by atomic mass is 10.1. The Morgan fingerprint density at radius 1 is 1.11 bits per heavy atom. The molecule has 96 valence electrons. The highest BCUT2D eigenvalue weighted by Gasteiger charge is 2.12. The molecule has 0 unspecified atom stereocenters. The molecule has 1 aliphatic heterocycles. The Bertz CT molecular complexity index is 526. The van der Waals surface area contributed by atoms with E-state index in [1.54, 1.807) is 0 Å². The molecule has 3 rings (SSSR count). The third kappa shape index (κ3) is 2.25. The van der Waals surface area contributed by atoms with Crippen LogP contribution in [0.2, 0.25) is 0 Å². The topological polar surface area (TPSA) is 33.4 Å². The zero-order chi connectivity index (χ0) is 12.4. The van der Waals surface area contributed by atoms with Gasteiger partial charge in [0.25, 0.3) is 0 Å². The van der Waals surface area contributed by atoms with Gasteiger partial charge >= 0.3 is 0 Å². The summed E-state index contributed by atoms with van der Waals surface area (Å²) in [6, 6.07) is 6.17. The molecule has 1 aliphatic rings. The zero-order valence-electron chi connectivity index (χ0n) is 11.0. The molecule has 18 heavy (non-hydrogen) atoms. The van der Waals surface area contributed by atoms with Crippen LogP contribution in [0.25, 0.3) is 5.65 Å². The van der Waals surface area contributed by atoms with E-state index in [0.29, 0.717) is 0 Å². The molecule has 3 heterocycles. The third-order valence-electron chi connectivity index (χ3n) is 3.79. The largest absolute Gasteiger partial charge is 0.303 e. The summed E-state index contributed by atoms with van der Waals surface area (Å²) in [4.78, 5) is 2.54. The van der Waals surface area contributed by atoms with Gasteiger partial charge < -0.3 is 4.90 Å².